The fourth-order valence-electron chi connectivity index (χ4n) is 3.13. The fraction of sp³-hybridized carbons (Fsp3) is 0.0909. The molecule has 0 N–H and O–H groups in total. The second-order valence-electron chi connectivity index (χ2n) is 6.50. The number of Topliss-reactive ketones (excluding diaryl/α,β-unsaturated/α-hetero) is 1. The van der Waals surface area contributed by atoms with E-state index in [-0.39, 0.29) is 23.5 Å². The molecular formula is C22H16N2O3S. The molecule has 0 bridgehead atoms. The minimum absolute atomic E-state index is 0.107. The highest BCUT2D eigenvalue weighted by Crippen LogP contribution is 2.31. The van der Waals surface area contributed by atoms with Crippen molar-refractivity contribution in [2.45, 2.75) is 13.3 Å². The summed E-state index contributed by atoms with van der Waals surface area (Å²) in [6, 6.07) is 19.9. The van der Waals surface area contributed by atoms with E-state index in [0.29, 0.717) is 0 Å². The largest absolute Gasteiger partial charge is 0.294 e. The number of hydrogen-bond acceptors (Lipinski definition) is 5. The maximum Gasteiger partial charge on any atom is 0.280 e. The summed E-state index contributed by atoms with van der Waals surface area (Å²) >= 11 is 1.60. The maximum atomic E-state index is 12.8. The van der Waals surface area contributed by atoms with Gasteiger partial charge < -0.3 is 0 Å². The normalized spacial score (nSPS) is 10.9. The number of hydrogen-bond donors (Lipinski definition) is 0. The fourth-order valence-corrected chi connectivity index (χ4v) is 4.09. The molecule has 1 heterocycles. The van der Waals surface area contributed by atoms with Crippen LogP contribution in [0.15, 0.2) is 66.7 Å². The third-order valence-corrected chi connectivity index (χ3v) is 5.73. The van der Waals surface area contributed by atoms with Gasteiger partial charge in [-0.05, 0) is 42.3 Å². The van der Waals surface area contributed by atoms with Gasteiger partial charge in [0.1, 0.15) is 5.01 Å². The Morgan fingerprint density at radius 2 is 1.82 bits per heavy atom. The van der Waals surface area contributed by atoms with Crippen LogP contribution in [0.2, 0.25) is 0 Å². The smallest absolute Gasteiger partial charge is 0.280 e. The third-order valence-electron chi connectivity index (χ3n) is 4.64. The lowest BCUT2D eigenvalue weighted by Gasteiger charge is -2.08. The molecule has 138 valence electrons. The summed E-state index contributed by atoms with van der Waals surface area (Å²) in [4.78, 5) is 28.1. The lowest BCUT2D eigenvalue weighted by Crippen LogP contribution is -2.08. The first-order chi connectivity index (χ1) is 13.5. The number of nitrogens with zero attached hydrogens (tertiary/aromatic N) is 2. The second-order valence-corrected chi connectivity index (χ2v) is 7.53. The minimum atomic E-state index is -0.516. The molecule has 0 spiro atoms. The van der Waals surface area contributed by atoms with Crippen LogP contribution in [0.4, 0.5) is 5.69 Å². The summed E-state index contributed by atoms with van der Waals surface area (Å²) in [6.07, 6.45) is 0.107. The van der Waals surface area contributed by atoms with Crippen LogP contribution in [0.1, 0.15) is 21.5 Å². The predicted molar refractivity (Wildman–Crippen MR) is 111 cm³/mol. The molecule has 0 saturated heterocycles. The highest BCUT2D eigenvalue weighted by Gasteiger charge is 2.20. The zero-order valence-electron chi connectivity index (χ0n) is 15.1. The maximum absolute atomic E-state index is 12.8. The molecule has 3 aromatic carbocycles. The van der Waals surface area contributed by atoms with Gasteiger partial charge in [-0.3, -0.25) is 14.9 Å². The quantitative estimate of drug-likeness (QED) is 0.253. The average molecular weight is 388 g/mol. The summed E-state index contributed by atoms with van der Waals surface area (Å²) in [5.74, 6) is -0.267. The van der Waals surface area contributed by atoms with Crippen LogP contribution in [0, 0.1) is 17.0 Å². The lowest BCUT2D eigenvalue weighted by molar-refractivity contribution is -0.385. The van der Waals surface area contributed by atoms with Crippen molar-refractivity contribution in [2.24, 2.45) is 0 Å². The van der Waals surface area contributed by atoms with Crippen LogP contribution in [0.25, 0.3) is 20.8 Å². The van der Waals surface area contributed by atoms with E-state index in [0.717, 1.165) is 31.9 Å². The molecule has 0 aliphatic heterocycles. The zero-order chi connectivity index (χ0) is 19.7. The van der Waals surface area contributed by atoms with Crippen LogP contribution in [-0.2, 0) is 6.42 Å². The van der Waals surface area contributed by atoms with Crippen LogP contribution in [0.5, 0.6) is 0 Å². The van der Waals surface area contributed by atoms with Crippen LogP contribution >= 0.6 is 11.3 Å². The number of carbonyl (C=O) groups excluding carboxylic acids is 1. The summed E-state index contributed by atoms with van der Waals surface area (Å²) in [5, 5.41) is 12.1. The predicted octanol–water partition coefficient (Wildman–Crippen LogP) is 5.61. The topological polar surface area (TPSA) is 73.1 Å². The molecule has 28 heavy (non-hydrogen) atoms. The molecular weight excluding hydrogens is 372 g/mol. The Morgan fingerprint density at radius 1 is 1.07 bits per heavy atom. The first-order valence-electron chi connectivity index (χ1n) is 8.75. The van der Waals surface area contributed by atoms with E-state index in [1.54, 1.807) is 23.5 Å². The summed E-state index contributed by atoms with van der Waals surface area (Å²) < 4.78 is 1.11. The average Bonchev–Trinajstić information content (AvgIpc) is 3.13. The van der Waals surface area contributed by atoms with E-state index in [1.165, 1.54) is 12.1 Å². The van der Waals surface area contributed by atoms with Gasteiger partial charge in [-0.25, -0.2) is 4.98 Å². The molecule has 0 amide bonds. The van der Waals surface area contributed by atoms with Gasteiger partial charge in [-0.2, -0.15) is 0 Å². The number of para-hydroxylation sites is 2. The molecule has 0 radical (unpaired) electrons. The SMILES string of the molecule is Cc1ccc(-c2nc3ccccc3s2)cc1CC(=O)c1ccccc1[N+](=O)[O-]. The van der Waals surface area contributed by atoms with Crippen molar-refractivity contribution in [3.05, 3.63) is 93.5 Å². The van der Waals surface area contributed by atoms with Gasteiger partial charge in [-0.1, -0.05) is 36.4 Å². The molecule has 0 fully saturated rings. The number of nitro groups is 1. The van der Waals surface area contributed by atoms with E-state index < -0.39 is 4.92 Å². The third kappa shape index (κ3) is 3.42. The Kier molecular flexibility index (Phi) is 4.71. The number of carbonyl (C=O) groups is 1. The monoisotopic (exact) mass is 388 g/mol. The van der Waals surface area contributed by atoms with Gasteiger partial charge in [0.25, 0.3) is 5.69 Å². The first-order valence-corrected chi connectivity index (χ1v) is 9.56. The van der Waals surface area contributed by atoms with Gasteiger partial charge in [0, 0.05) is 18.1 Å². The van der Waals surface area contributed by atoms with E-state index in [9.17, 15) is 14.9 Å². The van der Waals surface area contributed by atoms with Crippen molar-refractivity contribution in [1.29, 1.82) is 0 Å². The molecule has 0 aliphatic rings. The number of benzene rings is 3. The Balaban J connectivity index is 1.68. The molecule has 0 unspecified atom stereocenters. The van der Waals surface area contributed by atoms with Gasteiger partial charge in [0.2, 0.25) is 0 Å². The first kappa shape index (κ1) is 18.0. The van der Waals surface area contributed by atoms with E-state index in [4.69, 9.17) is 0 Å². The summed E-state index contributed by atoms with van der Waals surface area (Å²) in [7, 11) is 0. The number of fused-ring (bicyclic) bond motifs is 1. The Morgan fingerprint density at radius 3 is 2.61 bits per heavy atom. The molecule has 0 aliphatic carbocycles. The molecule has 4 aromatic rings. The number of aryl methyl sites for hydroxylation is 1. The molecule has 5 nitrogen and oxygen atoms in total. The molecule has 6 heteroatoms. The van der Waals surface area contributed by atoms with E-state index >= 15 is 0 Å². The van der Waals surface area contributed by atoms with Crippen molar-refractivity contribution in [3.8, 4) is 10.6 Å². The zero-order valence-corrected chi connectivity index (χ0v) is 15.9. The van der Waals surface area contributed by atoms with Gasteiger partial charge in [0.15, 0.2) is 5.78 Å². The van der Waals surface area contributed by atoms with Crippen molar-refractivity contribution < 1.29 is 9.72 Å². The number of thiazole rings is 1. The summed E-state index contributed by atoms with van der Waals surface area (Å²) in [6.45, 7) is 1.93. The van der Waals surface area contributed by atoms with Gasteiger partial charge in [0.05, 0.1) is 20.7 Å². The van der Waals surface area contributed by atoms with Crippen molar-refractivity contribution in [3.63, 3.8) is 0 Å². The van der Waals surface area contributed by atoms with E-state index in [2.05, 4.69) is 4.98 Å². The van der Waals surface area contributed by atoms with Gasteiger partial charge in [-0.15, -0.1) is 11.3 Å². The van der Waals surface area contributed by atoms with Crippen molar-refractivity contribution >= 4 is 33.0 Å². The number of rotatable bonds is 5. The van der Waals surface area contributed by atoms with Crippen LogP contribution in [0.3, 0.4) is 0 Å². The summed E-state index contributed by atoms with van der Waals surface area (Å²) in [5.41, 5.74) is 3.68. The van der Waals surface area contributed by atoms with Crippen LogP contribution < -0.4 is 0 Å². The number of nitro benzene ring substituents is 1. The second kappa shape index (κ2) is 7.32. The van der Waals surface area contributed by atoms with E-state index in [1.807, 2.05) is 49.4 Å². The highest BCUT2D eigenvalue weighted by atomic mass is 32.1. The number of aromatic nitrogens is 1. The highest BCUT2D eigenvalue weighted by molar-refractivity contribution is 7.21. The molecule has 4 rings (SSSR count). The lowest BCUT2D eigenvalue weighted by atomic mass is 9.97. The standard InChI is InChI=1S/C22H16N2O3S/c1-14-10-11-15(22-23-18-7-3-5-9-21(18)28-22)12-16(14)13-20(25)17-6-2-4-8-19(17)24(26)27/h2-12H,13H2,1H3. The van der Waals surface area contributed by atoms with Crippen molar-refractivity contribution in [1.82, 2.24) is 4.98 Å². The van der Waals surface area contributed by atoms with Crippen molar-refractivity contribution in [2.75, 3.05) is 0 Å². The van der Waals surface area contributed by atoms with Crippen LogP contribution in [-0.4, -0.2) is 15.7 Å². The molecule has 0 atom stereocenters. The van der Waals surface area contributed by atoms with Gasteiger partial charge >= 0.3 is 0 Å². The Hall–Kier alpha value is -3.38. The minimum Gasteiger partial charge on any atom is -0.294 e. The Labute approximate surface area is 165 Å². The molecule has 0 saturated carbocycles. The number of ketones is 1. The molecule has 1 aromatic heterocycles. The Bertz CT molecular complexity index is 1180.